The van der Waals surface area contributed by atoms with Gasteiger partial charge in [-0.1, -0.05) is 0 Å². The summed E-state index contributed by atoms with van der Waals surface area (Å²) in [6.45, 7) is 6.25. The van der Waals surface area contributed by atoms with Crippen LogP contribution in [0.4, 0.5) is 0 Å². The molecule has 5 nitrogen and oxygen atoms in total. The Labute approximate surface area is 101 Å². The van der Waals surface area contributed by atoms with E-state index in [1.165, 1.54) is 0 Å². The number of carbonyl (C=O) groups is 1. The highest BCUT2D eigenvalue weighted by Crippen LogP contribution is 2.28. The van der Waals surface area contributed by atoms with Gasteiger partial charge in [0.25, 0.3) is 0 Å². The second-order valence-electron chi connectivity index (χ2n) is 5.31. The minimum Gasteiger partial charge on any atom is -0.481 e. The molecule has 96 valence electrons. The Morgan fingerprint density at radius 2 is 2.24 bits per heavy atom. The maximum absolute atomic E-state index is 10.9. The van der Waals surface area contributed by atoms with E-state index in [0.29, 0.717) is 25.1 Å². The number of nitrogens with zero attached hydrogens (tertiary/aromatic N) is 1. The molecule has 0 aliphatic carbocycles. The molecule has 17 heavy (non-hydrogen) atoms. The Kier molecular flexibility index (Phi) is 4.32. The number of carboxylic acids is 1. The monoisotopic (exact) mass is 241 g/mol. The van der Waals surface area contributed by atoms with Crippen LogP contribution in [0, 0.1) is 5.92 Å². The predicted molar refractivity (Wildman–Crippen MR) is 61.7 cm³/mol. The van der Waals surface area contributed by atoms with Crippen molar-refractivity contribution in [3.8, 4) is 0 Å². The fourth-order valence-corrected chi connectivity index (χ4v) is 1.86. The molecule has 0 aromatic rings. The van der Waals surface area contributed by atoms with Gasteiger partial charge in [0.1, 0.15) is 11.6 Å². The van der Waals surface area contributed by atoms with Crippen LogP contribution in [0.15, 0.2) is 5.70 Å². The van der Waals surface area contributed by atoms with Gasteiger partial charge in [-0.25, -0.2) is 9.86 Å². The molecule has 1 N–H and O–H groups in total. The number of hydroxylamine groups is 2. The van der Waals surface area contributed by atoms with E-state index in [1.807, 2.05) is 26.7 Å². The van der Waals surface area contributed by atoms with Crippen molar-refractivity contribution in [3.63, 3.8) is 0 Å². The number of hydrogen-bond acceptors (Lipinski definition) is 4. The van der Waals surface area contributed by atoms with Gasteiger partial charge in [0.05, 0.1) is 5.60 Å². The van der Waals surface area contributed by atoms with E-state index in [-0.39, 0.29) is 17.9 Å². The summed E-state index contributed by atoms with van der Waals surface area (Å²) < 4.78 is 0. The fourth-order valence-electron chi connectivity index (χ4n) is 1.86. The lowest BCUT2D eigenvalue weighted by Crippen LogP contribution is -2.38. The average Bonchev–Trinajstić information content (AvgIpc) is 2.17. The van der Waals surface area contributed by atoms with Gasteiger partial charge < -0.3 is 5.11 Å². The van der Waals surface area contributed by atoms with Crippen molar-refractivity contribution < 1.29 is 19.5 Å². The summed E-state index contributed by atoms with van der Waals surface area (Å²) in [5.41, 5.74) is 0.0410. The second kappa shape index (κ2) is 5.34. The van der Waals surface area contributed by atoms with Crippen LogP contribution in [-0.2, 0) is 14.4 Å². The lowest BCUT2D eigenvalue weighted by molar-refractivity contribution is -0.216. The fraction of sp³-hybridized carbons (Fsp3) is 0.750. The Balaban J connectivity index is 2.63. The molecule has 0 spiro atoms. The molecule has 1 rings (SSSR count). The summed E-state index contributed by atoms with van der Waals surface area (Å²) >= 11 is 0. The molecule has 1 unspecified atom stereocenters. The number of rotatable bonds is 3. The number of piperidine rings is 1. The smallest absolute Gasteiger partial charge is 0.303 e. The average molecular weight is 241 g/mol. The normalized spacial score (nSPS) is 21.2. The molecular formula is C12H19NO4. The maximum atomic E-state index is 10.9. The molecule has 1 atom stereocenters. The molecular weight excluding hydrogens is 222 g/mol. The summed E-state index contributed by atoms with van der Waals surface area (Å²) in [5, 5.41) is 10.3. The van der Waals surface area contributed by atoms with E-state index in [9.17, 15) is 9.59 Å². The van der Waals surface area contributed by atoms with Gasteiger partial charge in [-0.2, -0.15) is 0 Å². The first-order chi connectivity index (χ1) is 7.81. The van der Waals surface area contributed by atoms with Crippen LogP contribution in [-0.4, -0.2) is 34.2 Å². The molecule has 1 saturated heterocycles. The highest BCUT2D eigenvalue weighted by atomic mass is 16.7. The minimum atomic E-state index is -0.828. The molecule has 0 aromatic heterocycles. The summed E-state index contributed by atoms with van der Waals surface area (Å²) in [5.74, 6) is 1.03. The Hall–Kier alpha value is -1.32. The van der Waals surface area contributed by atoms with Crippen molar-refractivity contribution in [3.05, 3.63) is 5.70 Å². The second-order valence-corrected chi connectivity index (χ2v) is 5.31. The number of aliphatic carboxylic acids is 1. The van der Waals surface area contributed by atoms with Gasteiger partial charge in [-0.15, -0.1) is 0 Å². The largest absolute Gasteiger partial charge is 0.481 e. The first-order valence-corrected chi connectivity index (χ1v) is 5.74. The van der Waals surface area contributed by atoms with E-state index in [2.05, 4.69) is 0 Å². The van der Waals surface area contributed by atoms with Crippen molar-refractivity contribution in [2.24, 2.45) is 5.92 Å². The molecule has 5 heteroatoms. The summed E-state index contributed by atoms with van der Waals surface area (Å²) in [6, 6.07) is 0. The lowest BCUT2D eigenvalue weighted by Gasteiger charge is -2.36. The SMILES string of the molecule is CC(C)(C)ON1CCC(CC(=O)O)CC1=C=O. The standard InChI is InChI=1S/C12H19NO4/c1-12(2,3)17-13-5-4-9(7-11(15)16)6-10(13)8-14/h9H,4-7H2,1-3H3,(H,15,16). The minimum absolute atomic E-state index is 0.00349. The first kappa shape index (κ1) is 13.7. The van der Waals surface area contributed by atoms with Gasteiger partial charge >= 0.3 is 5.97 Å². The van der Waals surface area contributed by atoms with Crippen molar-refractivity contribution in [1.29, 1.82) is 0 Å². The maximum Gasteiger partial charge on any atom is 0.303 e. The molecule has 0 radical (unpaired) electrons. The molecule has 0 saturated carbocycles. The van der Waals surface area contributed by atoms with Crippen LogP contribution < -0.4 is 0 Å². The zero-order chi connectivity index (χ0) is 13.1. The third-order valence-electron chi connectivity index (χ3n) is 2.49. The van der Waals surface area contributed by atoms with Crippen molar-refractivity contribution in [2.75, 3.05) is 6.54 Å². The highest BCUT2D eigenvalue weighted by Gasteiger charge is 2.28. The first-order valence-electron chi connectivity index (χ1n) is 5.74. The highest BCUT2D eigenvalue weighted by molar-refractivity contribution is 5.67. The molecule has 1 heterocycles. The molecule has 0 aromatic carbocycles. The van der Waals surface area contributed by atoms with E-state index >= 15 is 0 Å². The quantitative estimate of drug-likeness (QED) is 0.760. The lowest BCUT2D eigenvalue weighted by atomic mass is 9.93. The van der Waals surface area contributed by atoms with Crippen LogP contribution in [0.2, 0.25) is 0 Å². The van der Waals surface area contributed by atoms with Crippen LogP contribution in [0.3, 0.4) is 0 Å². The third kappa shape index (κ3) is 4.59. The van der Waals surface area contributed by atoms with Crippen molar-refractivity contribution >= 4 is 11.9 Å². The van der Waals surface area contributed by atoms with Crippen LogP contribution in [0.1, 0.15) is 40.0 Å². The molecule has 1 aliphatic heterocycles. The van der Waals surface area contributed by atoms with Crippen LogP contribution in [0.5, 0.6) is 0 Å². The number of carbonyl (C=O) groups excluding carboxylic acids is 1. The molecule has 0 bridgehead atoms. The number of allylic oxidation sites excluding steroid dienone is 1. The predicted octanol–water partition coefficient (Wildman–Crippen LogP) is 1.62. The summed E-state index contributed by atoms with van der Waals surface area (Å²) in [4.78, 5) is 27.1. The van der Waals surface area contributed by atoms with Gasteiger partial charge in [0.2, 0.25) is 0 Å². The van der Waals surface area contributed by atoms with E-state index in [0.717, 1.165) is 0 Å². The van der Waals surface area contributed by atoms with E-state index in [1.54, 1.807) is 5.06 Å². The number of carboxylic acid groups (broad SMARTS) is 1. The van der Waals surface area contributed by atoms with Crippen LogP contribution in [0.25, 0.3) is 0 Å². The Morgan fingerprint density at radius 3 is 2.71 bits per heavy atom. The van der Waals surface area contributed by atoms with Gasteiger partial charge in [0, 0.05) is 19.4 Å². The van der Waals surface area contributed by atoms with Gasteiger partial charge in [-0.05, 0) is 33.1 Å². The zero-order valence-electron chi connectivity index (χ0n) is 10.5. The van der Waals surface area contributed by atoms with Gasteiger partial charge in [0.15, 0.2) is 0 Å². The summed E-state index contributed by atoms with van der Waals surface area (Å²) in [7, 11) is 0. The van der Waals surface area contributed by atoms with Crippen molar-refractivity contribution in [1.82, 2.24) is 5.06 Å². The molecule has 1 aliphatic rings. The Morgan fingerprint density at radius 1 is 1.59 bits per heavy atom. The number of hydrogen-bond donors (Lipinski definition) is 1. The van der Waals surface area contributed by atoms with Crippen LogP contribution >= 0.6 is 0 Å². The molecule has 0 amide bonds. The van der Waals surface area contributed by atoms with E-state index in [4.69, 9.17) is 9.94 Å². The Bertz CT molecular complexity index is 339. The van der Waals surface area contributed by atoms with E-state index < -0.39 is 5.97 Å². The summed E-state index contributed by atoms with van der Waals surface area (Å²) in [6.07, 6.45) is 1.23. The molecule has 1 fully saturated rings. The third-order valence-corrected chi connectivity index (χ3v) is 2.49. The van der Waals surface area contributed by atoms with Gasteiger partial charge in [-0.3, -0.25) is 9.63 Å². The zero-order valence-corrected chi connectivity index (χ0v) is 10.5. The van der Waals surface area contributed by atoms with Crippen molar-refractivity contribution in [2.45, 2.75) is 45.6 Å². The topological polar surface area (TPSA) is 66.8 Å².